The minimum atomic E-state index is 0.736. The van der Waals surface area contributed by atoms with Crippen molar-refractivity contribution in [2.45, 2.75) is 57.2 Å². The number of benzene rings is 2. The molecule has 0 radical (unpaired) electrons. The molecule has 0 bridgehead atoms. The first-order chi connectivity index (χ1) is 10.5. The van der Waals surface area contributed by atoms with Crippen LogP contribution in [0.4, 0.5) is 0 Å². The monoisotopic (exact) mass is 356 g/mol. The Bertz CT molecular complexity index is 643. The van der Waals surface area contributed by atoms with Crippen molar-refractivity contribution in [2.24, 2.45) is 0 Å². The molecule has 0 amide bonds. The number of aryl methyl sites for hydroxylation is 3. The summed E-state index contributed by atoms with van der Waals surface area (Å²) in [5.41, 5.74) is 8.35. The van der Waals surface area contributed by atoms with E-state index in [1.807, 2.05) is 0 Å². The van der Waals surface area contributed by atoms with Gasteiger partial charge in [-0.05, 0) is 74.6 Å². The Balaban J connectivity index is 1.89. The highest BCUT2D eigenvalue weighted by Gasteiger charge is 2.21. The fraction of sp³-hybridized carbons (Fsp3) is 0.429. The first kappa shape index (κ1) is 15.8. The van der Waals surface area contributed by atoms with E-state index >= 15 is 0 Å². The SMILES string of the molecule is Cc1cc(C)cc(-c2ccc(C3CCC(Br)CC3)cc2C)c1. The van der Waals surface area contributed by atoms with Gasteiger partial charge in [-0.15, -0.1) is 0 Å². The van der Waals surface area contributed by atoms with Crippen LogP contribution >= 0.6 is 15.9 Å². The zero-order chi connectivity index (χ0) is 15.7. The van der Waals surface area contributed by atoms with Crippen molar-refractivity contribution in [3.8, 4) is 11.1 Å². The van der Waals surface area contributed by atoms with Gasteiger partial charge in [0.2, 0.25) is 0 Å². The summed E-state index contributed by atoms with van der Waals surface area (Å²) in [6.45, 7) is 6.62. The minimum absolute atomic E-state index is 0.736. The number of hydrogen-bond acceptors (Lipinski definition) is 0. The molecule has 0 atom stereocenters. The zero-order valence-electron chi connectivity index (χ0n) is 13.8. The molecule has 0 heterocycles. The molecule has 0 aromatic heterocycles. The third kappa shape index (κ3) is 3.46. The molecule has 1 fully saturated rings. The van der Waals surface area contributed by atoms with Crippen molar-refractivity contribution < 1.29 is 0 Å². The topological polar surface area (TPSA) is 0 Å². The van der Waals surface area contributed by atoms with Crippen LogP contribution in [0.3, 0.4) is 0 Å². The molecule has 0 nitrogen and oxygen atoms in total. The second kappa shape index (κ2) is 6.58. The molecule has 0 spiro atoms. The van der Waals surface area contributed by atoms with Gasteiger partial charge in [0.25, 0.3) is 0 Å². The van der Waals surface area contributed by atoms with Crippen molar-refractivity contribution in [1.82, 2.24) is 0 Å². The molecular weight excluding hydrogens is 332 g/mol. The van der Waals surface area contributed by atoms with Crippen molar-refractivity contribution >= 4 is 15.9 Å². The third-order valence-electron chi connectivity index (χ3n) is 4.91. The van der Waals surface area contributed by atoms with E-state index < -0.39 is 0 Å². The van der Waals surface area contributed by atoms with E-state index in [0.29, 0.717) is 0 Å². The normalized spacial score (nSPS) is 21.8. The van der Waals surface area contributed by atoms with Gasteiger partial charge in [-0.25, -0.2) is 0 Å². The van der Waals surface area contributed by atoms with E-state index in [2.05, 4.69) is 73.1 Å². The highest BCUT2D eigenvalue weighted by atomic mass is 79.9. The van der Waals surface area contributed by atoms with E-state index in [0.717, 1.165) is 10.7 Å². The van der Waals surface area contributed by atoms with Gasteiger partial charge in [0.05, 0.1) is 0 Å². The minimum Gasteiger partial charge on any atom is -0.0891 e. The maximum atomic E-state index is 3.76. The maximum absolute atomic E-state index is 3.76. The van der Waals surface area contributed by atoms with Crippen LogP contribution in [-0.4, -0.2) is 4.83 Å². The molecule has 2 aromatic rings. The van der Waals surface area contributed by atoms with E-state index in [-0.39, 0.29) is 0 Å². The summed E-state index contributed by atoms with van der Waals surface area (Å²) in [4.78, 5) is 0.736. The fourth-order valence-electron chi connectivity index (χ4n) is 3.78. The quantitative estimate of drug-likeness (QED) is 0.525. The highest BCUT2D eigenvalue weighted by Crippen LogP contribution is 2.37. The standard InChI is InChI=1S/C21H25Br/c1-14-10-15(2)12-19(11-14)21-9-6-18(13-16(21)3)17-4-7-20(22)8-5-17/h6,9-13,17,20H,4-5,7-8H2,1-3H3. The van der Waals surface area contributed by atoms with Gasteiger partial charge >= 0.3 is 0 Å². The molecule has 1 heteroatoms. The van der Waals surface area contributed by atoms with E-state index in [1.165, 1.54) is 59.1 Å². The Labute approximate surface area is 143 Å². The molecule has 0 saturated heterocycles. The van der Waals surface area contributed by atoms with Crippen LogP contribution in [0, 0.1) is 20.8 Å². The van der Waals surface area contributed by atoms with E-state index in [1.54, 1.807) is 0 Å². The number of alkyl halides is 1. The van der Waals surface area contributed by atoms with Gasteiger partial charge in [-0.3, -0.25) is 0 Å². The smallest absolute Gasteiger partial charge is 0.0146 e. The summed E-state index contributed by atoms with van der Waals surface area (Å²) in [6.07, 6.45) is 5.25. The lowest BCUT2D eigenvalue weighted by Gasteiger charge is -2.26. The maximum Gasteiger partial charge on any atom is 0.0146 e. The largest absolute Gasteiger partial charge is 0.0891 e. The average Bonchev–Trinajstić information content (AvgIpc) is 2.46. The number of rotatable bonds is 2. The van der Waals surface area contributed by atoms with Crippen LogP contribution in [0.5, 0.6) is 0 Å². The first-order valence-corrected chi connectivity index (χ1v) is 9.28. The van der Waals surface area contributed by atoms with Gasteiger partial charge in [0, 0.05) is 4.83 Å². The highest BCUT2D eigenvalue weighted by molar-refractivity contribution is 9.09. The van der Waals surface area contributed by atoms with Crippen LogP contribution in [-0.2, 0) is 0 Å². The molecule has 2 aromatic carbocycles. The van der Waals surface area contributed by atoms with Crippen LogP contribution in [0.1, 0.15) is 53.9 Å². The summed E-state index contributed by atoms with van der Waals surface area (Å²) in [5.74, 6) is 0.751. The predicted octanol–water partition coefficient (Wildman–Crippen LogP) is 6.70. The fourth-order valence-corrected chi connectivity index (χ4v) is 4.31. The van der Waals surface area contributed by atoms with Crippen molar-refractivity contribution in [3.05, 3.63) is 58.7 Å². The predicted molar refractivity (Wildman–Crippen MR) is 100 cm³/mol. The van der Waals surface area contributed by atoms with E-state index in [4.69, 9.17) is 0 Å². The summed E-state index contributed by atoms with van der Waals surface area (Å²) in [7, 11) is 0. The van der Waals surface area contributed by atoms with Gasteiger partial charge in [0.15, 0.2) is 0 Å². The molecule has 0 N–H and O–H groups in total. The molecule has 1 aliphatic carbocycles. The Kier molecular flexibility index (Phi) is 4.73. The molecule has 116 valence electrons. The van der Waals surface area contributed by atoms with Crippen LogP contribution in [0.25, 0.3) is 11.1 Å². The van der Waals surface area contributed by atoms with Gasteiger partial charge < -0.3 is 0 Å². The Morgan fingerprint density at radius 3 is 2.05 bits per heavy atom. The third-order valence-corrected chi connectivity index (χ3v) is 5.83. The van der Waals surface area contributed by atoms with Gasteiger partial charge in [0.1, 0.15) is 0 Å². The Hall–Kier alpha value is -1.08. The average molecular weight is 357 g/mol. The van der Waals surface area contributed by atoms with Crippen molar-refractivity contribution in [1.29, 1.82) is 0 Å². The summed E-state index contributed by atoms with van der Waals surface area (Å²) >= 11 is 3.76. The number of hydrogen-bond donors (Lipinski definition) is 0. The molecule has 3 rings (SSSR count). The summed E-state index contributed by atoms with van der Waals surface area (Å²) < 4.78 is 0. The van der Waals surface area contributed by atoms with Gasteiger partial charge in [-0.2, -0.15) is 0 Å². The lowest BCUT2D eigenvalue weighted by atomic mass is 9.82. The molecule has 1 aliphatic rings. The van der Waals surface area contributed by atoms with E-state index in [9.17, 15) is 0 Å². The molecule has 0 unspecified atom stereocenters. The molecule has 1 saturated carbocycles. The Morgan fingerprint density at radius 2 is 1.45 bits per heavy atom. The van der Waals surface area contributed by atoms with Crippen LogP contribution < -0.4 is 0 Å². The number of halogens is 1. The van der Waals surface area contributed by atoms with Gasteiger partial charge in [-0.1, -0.05) is 63.5 Å². The Morgan fingerprint density at radius 1 is 0.818 bits per heavy atom. The summed E-state index contributed by atoms with van der Waals surface area (Å²) in [5, 5.41) is 0. The molecule has 22 heavy (non-hydrogen) atoms. The van der Waals surface area contributed by atoms with Crippen molar-refractivity contribution in [3.63, 3.8) is 0 Å². The van der Waals surface area contributed by atoms with Crippen LogP contribution in [0.2, 0.25) is 0 Å². The van der Waals surface area contributed by atoms with Crippen molar-refractivity contribution in [2.75, 3.05) is 0 Å². The lowest BCUT2D eigenvalue weighted by molar-refractivity contribution is 0.457. The second-order valence-electron chi connectivity index (χ2n) is 6.90. The zero-order valence-corrected chi connectivity index (χ0v) is 15.4. The second-order valence-corrected chi connectivity index (χ2v) is 8.19. The summed E-state index contributed by atoms with van der Waals surface area (Å²) in [6, 6.07) is 14.0. The lowest BCUT2D eigenvalue weighted by Crippen LogP contribution is -2.12. The molecular formula is C21H25Br. The first-order valence-electron chi connectivity index (χ1n) is 8.36. The van der Waals surface area contributed by atoms with Crippen LogP contribution in [0.15, 0.2) is 36.4 Å². The molecule has 0 aliphatic heterocycles.